The van der Waals surface area contributed by atoms with Crippen LogP contribution in [-0.2, 0) is 17.9 Å². The van der Waals surface area contributed by atoms with E-state index in [1.807, 2.05) is 18.2 Å². The van der Waals surface area contributed by atoms with Crippen LogP contribution in [0.1, 0.15) is 5.56 Å². The van der Waals surface area contributed by atoms with Crippen LogP contribution in [0.15, 0.2) is 42.9 Å². The van der Waals surface area contributed by atoms with Crippen LogP contribution < -0.4 is 5.32 Å². The lowest BCUT2D eigenvalue weighted by molar-refractivity contribution is -0.389. The van der Waals surface area contributed by atoms with Crippen molar-refractivity contribution in [2.75, 3.05) is 5.32 Å². The Morgan fingerprint density at radius 3 is 2.76 bits per heavy atom. The highest BCUT2D eigenvalue weighted by atomic mass is 35.5. The molecule has 2 aromatic heterocycles. The van der Waals surface area contributed by atoms with E-state index in [0.29, 0.717) is 11.6 Å². The molecule has 10 nitrogen and oxygen atoms in total. The van der Waals surface area contributed by atoms with E-state index >= 15 is 0 Å². The number of nitrogens with zero attached hydrogens (tertiary/aromatic N) is 6. The first-order chi connectivity index (χ1) is 12.0. The van der Waals surface area contributed by atoms with Gasteiger partial charge < -0.3 is 10.1 Å². The molecule has 1 aromatic carbocycles. The van der Waals surface area contributed by atoms with Gasteiger partial charge in [-0.1, -0.05) is 29.8 Å². The molecule has 0 atom stereocenters. The Bertz CT molecular complexity index is 921. The van der Waals surface area contributed by atoms with Crippen molar-refractivity contribution in [3.63, 3.8) is 0 Å². The zero-order chi connectivity index (χ0) is 17.8. The number of aromatic nitrogens is 5. The number of hydrogen-bond acceptors (Lipinski definition) is 6. The van der Waals surface area contributed by atoms with E-state index in [1.165, 1.54) is 23.3 Å². The SMILES string of the molecule is O=C(Cn1ccc([N+](=O)[O-])n1)Nc1ncn(Cc2ccccc2Cl)n1. The van der Waals surface area contributed by atoms with Crippen LogP contribution in [-0.4, -0.2) is 35.4 Å². The van der Waals surface area contributed by atoms with Gasteiger partial charge in [-0.05, 0) is 16.6 Å². The molecule has 1 N–H and O–H groups in total. The summed E-state index contributed by atoms with van der Waals surface area (Å²) >= 11 is 6.09. The zero-order valence-electron chi connectivity index (χ0n) is 12.7. The predicted molar refractivity (Wildman–Crippen MR) is 88.1 cm³/mol. The van der Waals surface area contributed by atoms with Crippen molar-refractivity contribution in [2.24, 2.45) is 0 Å². The molecule has 3 aromatic rings. The second-order valence-corrected chi connectivity index (χ2v) is 5.44. The minimum atomic E-state index is -0.633. The predicted octanol–water partition coefficient (Wildman–Crippen LogP) is 1.72. The van der Waals surface area contributed by atoms with Gasteiger partial charge in [-0.2, -0.15) is 4.68 Å². The van der Waals surface area contributed by atoms with Crippen LogP contribution >= 0.6 is 11.6 Å². The maximum Gasteiger partial charge on any atom is 0.389 e. The Balaban J connectivity index is 1.59. The number of nitrogens with one attached hydrogen (secondary N) is 1. The number of anilines is 1. The molecule has 0 bridgehead atoms. The molecule has 0 fully saturated rings. The quantitative estimate of drug-likeness (QED) is 0.527. The highest BCUT2D eigenvalue weighted by Crippen LogP contribution is 2.16. The van der Waals surface area contributed by atoms with E-state index in [1.54, 1.807) is 6.07 Å². The van der Waals surface area contributed by atoms with Crippen molar-refractivity contribution in [2.45, 2.75) is 13.1 Å². The molecule has 11 heteroatoms. The lowest BCUT2D eigenvalue weighted by atomic mass is 10.2. The normalized spacial score (nSPS) is 10.6. The van der Waals surface area contributed by atoms with E-state index in [2.05, 4.69) is 20.5 Å². The van der Waals surface area contributed by atoms with Gasteiger partial charge in [-0.15, -0.1) is 5.10 Å². The van der Waals surface area contributed by atoms with Crippen molar-refractivity contribution in [3.8, 4) is 0 Å². The summed E-state index contributed by atoms with van der Waals surface area (Å²) in [6.45, 7) is 0.223. The molecule has 0 aliphatic carbocycles. The number of halogens is 1. The number of nitro groups is 1. The molecule has 0 saturated heterocycles. The highest BCUT2D eigenvalue weighted by Gasteiger charge is 2.14. The molecule has 0 unspecified atom stereocenters. The second-order valence-electron chi connectivity index (χ2n) is 5.03. The molecule has 3 rings (SSSR count). The van der Waals surface area contributed by atoms with Gasteiger partial charge in [0.2, 0.25) is 5.95 Å². The number of rotatable bonds is 6. The molecule has 0 radical (unpaired) electrons. The number of hydrogen-bond donors (Lipinski definition) is 1. The fourth-order valence-electron chi connectivity index (χ4n) is 2.08. The summed E-state index contributed by atoms with van der Waals surface area (Å²) in [7, 11) is 0. The smallest absolute Gasteiger partial charge is 0.358 e. The van der Waals surface area contributed by atoms with Gasteiger partial charge in [0.1, 0.15) is 12.9 Å². The molecule has 0 aliphatic rings. The largest absolute Gasteiger partial charge is 0.389 e. The van der Waals surface area contributed by atoms with Gasteiger partial charge in [0.25, 0.3) is 5.91 Å². The highest BCUT2D eigenvalue weighted by molar-refractivity contribution is 6.31. The van der Waals surface area contributed by atoms with Gasteiger partial charge in [0.05, 0.1) is 23.9 Å². The van der Waals surface area contributed by atoms with Crippen LogP contribution in [0, 0.1) is 10.1 Å². The standard InChI is InChI=1S/C14H12ClN7O3/c15-11-4-2-1-3-10(11)7-21-9-16-14(19-21)17-13(23)8-20-6-5-12(18-20)22(24)25/h1-6,9H,7-8H2,(H,17,19,23). The lowest BCUT2D eigenvalue weighted by Gasteiger charge is -2.03. The molecule has 25 heavy (non-hydrogen) atoms. The monoisotopic (exact) mass is 361 g/mol. The van der Waals surface area contributed by atoms with Gasteiger partial charge in [0, 0.05) is 5.02 Å². The third-order valence-electron chi connectivity index (χ3n) is 3.20. The van der Waals surface area contributed by atoms with Crippen molar-refractivity contribution in [1.82, 2.24) is 24.5 Å². The van der Waals surface area contributed by atoms with Crippen LogP contribution in [0.5, 0.6) is 0 Å². The molecule has 128 valence electrons. The third kappa shape index (κ3) is 4.18. The Kier molecular flexibility index (Phi) is 4.70. The molecule has 0 spiro atoms. The van der Waals surface area contributed by atoms with E-state index in [9.17, 15) is 14.9 Å². The summed E-state index contributed by atoms with van der Waals surface area (Å²) in [5, 5.41) is 21.5. The number of carbonyl (C=O) groups excluding carboxylic acids is 1. The van der Waals surface area contributed by atoms with Crippen molar-refractivity contribution >= 4 is 29.3 Å². The summed E-state index contributed by atoms with van der Waals surface area (Å²) < 4.78 is 2.70. The van der Waals surface area contributed by atoms with E-state index in [0.717, 1.165) is 10.2 Å². The van der Waals surface area contributed by atoms with Gasteiger partial charge in [-0.25, -0.2) is 9.67 Å². The molecule has 0 saturated carbocycles. The summed E-state index contributed by atoms with van der Waals surface area (Å²) in [5.74, 6) is -0.651. The van der Waals surface area contributed by atoms with Gasteiger partial charge in [-0.3, -0.25) is 10.1 Å². The summed E-state index contributed by atoms with van der Waals surface area (Å²) in [4.78, 5) is 25.9. The minimum Gasteiger partial charge on any atom is -0.358 e. The maximum atomic E-state index is 11.9. The molecule has 1 amide bonds. The summed E-state index contributed by atoms with van der Waals surface area (Å²) in [6, 6.07) is 8.55. The average molecular weight is 362 g/mol. The Morgan fingerprint density at radius 1 is 1.24 bits per heavy atom. The van der Waals surface area contributed by atoms with Gasteiger partial charge in [0.15, 0.2) is 0 Å². The zero-order valence-corrected chi connectivity index (χ0v) is 13.5. The number of benzene rings is 1. The van der Waals surface area contributed by atoms with Gasteiger partial charge >= 0.3 is 5.82 Å². The summed E-state index contributed by atoms with van der Waals surface area (Å²) in [6.07, 6.45) is 2.82. The fraction of sp³-hybridized carbons (Fsp3) is 0.143. The minimum absolute atomic E-state index is 0.124. The second kappa shape index (κ2) is 7.09. The first kappa shape index (κ1) is 16.6. The Labute approximate surface area is 146 Å². The maximum absolute atomic E-state index is 11.9. The van der Waals surface area contributed by atoms with Crippen molar-refractivity contribution in [3.05, 3.63) is 63.6 Å². The summed E-state index contributed by atoms with van der Waals surface area (Å²) in [5.41, 5.74) is 0.871. The molecule has 2 heterocycles. The Morgan fingerprint density at radius 2 is 2.04 bits per heavy atom. The van der Waals surface area contributed by atoms with Crippen molar-refractivity contribution < 1.29 is 9.72 Å². The molecule has 0 aliphatic heterocycles. The first-order valence-corrected chi connectivity index (χ1v) is 7.49. The van der Waals surface area contributed by atoms with Crippen LogP contribution in [0.3, 0.4) is 0 Å². The first-order valence-electron chi connectivity index (χ1n) is 7.12. The van der Waals surface area contributed by atoms with Crippen LogP contribution in [0.2, 0.25) is 5.02 Å². The van der Waals surface area contributed by atoms with Crippen molar-refractivity contribution in [1.29, 1.82) is 0 Å². The van der Waals surface area contributed by atoms with E-state index in [-0.39, 0.29) is 18.3 Å². The van der Waals surface area contributed by atoms with E-state index < -0.39 is 10.8 Å². The van der Waals surface area contributed by atoms with Crippen LogP contribution in [0.4, 0.5) is 11.8 Å². The molecular weight excluding hydrogens is 350 g/mol. The molecular formula is C14H12ClN7O3. The van der Waals surface area contributed by atoms with E-state index in [4.69, 9.17) is 11.6 Å². The lowest BCUT2D eigenvalue weighted by Crippen LogP contribution is -2.20. The average Bonchev–Trinajstić information content (AvgIpc) is 3.19. The Hall–Kier alpha value is -3.27. The topological polar surface area (TPSA) is 121 Å². The number of carbonyl (C=O) groups is 1. The van der Waals surface area contributed by atoms with Crippen LogP contribution in [0.25, 0.3) is 0 Å². The number of amides is 1. The third-order valence-corrected chi connectivity index (χ3v) is 3.57. The fourth-order valence-corrected chi connectivity index (χ4v) is 2.27.